The van der Waals surface area contributed by atoms with Crippen molar-refractivity contribution in [3.8, 4) is 6.07 Å². The van der Waals surface area contributed by atoms with Gasteiger partial charge in [-0.1, -0.05) is 6.07 Å². The minimum absolute atomic E-state index is 0.156. The van der Waals surface area contributed by atoms with Crippen molar-refractivity contribution in [2.45, 2.75) is 6.42 Å². The summed E-state index contributed by atoms with van der Waals surface area (Å²) in [6.45, 7) is 2.98. The summed E-state index contributed by atoms with van der Waals surface area (Å²) in [5.74, 6) is -0.508. The monoisotopic (exact) mass is 286 g/mol. The van der Waals surface area contributed by atoms with Gasteiger partial charge in [-0.05, 0) is 25.2 Å². The summed E-state index contributed by atoms with van der Waals surface area (Å²) < 4.78 is 0. The minimum atomic E-state index is -0.353. The van der Waals surface area contributed by atoms with Crippen LogP contribution in [0.5, 0.6) is 0 Å². The molecule has 0 aliphatic carbocycles. The Bertz CT molecular complexity index is 571. The SMILES string of the molecule is CN1CCN(C(=O)CC(=O)Nc2cccc(C#N)c2)CC1. The van der Waals surface area contributed by atoms with Crippen LogP contribution in [0.25, 0.3) is 0 Å². The van der Waals surface area contributed by atoms with Crippen LogP contribution in [0.15, 0.2) is 24.3 Å². The lowest BCUT2D eigenvalue weighted by molar-refractivity contribution is -0.135. The van der Waals surface area contributed by atoms with Crippen molar-refractivity contribution >= 4 is 17.5 Å². The van der Waals surface area contributed by atoms with Gasteiger partial charge >= 0.3 is 0 Å². The Labute approximate surface area is 123 Å². The highest BCUT2D eigenvalue weighted by molar-refractivity contribution is 6.03. The van der Waals surface area contributed by atoms with Crippen LogP contribution in [-0.4, -0.2) is 54.8 Å². The van der Waals surface area contributed by atoms with E-state index in [0.717, 1.165) is 13.1 Å². The maximum atomic E-state index is 12.0. The van der Waals surface area contributed by atoms with E-state index < -0.39 is 0 Å². The fourth-order valence-corrected chi connectivity index (χ4v) is 2.18. The van der Waals surface area contributed by atoms with Crippen molar-refractivity contribution in [3.05, 3.63) is 29.8 Å². The highest BCUT2D eigenvalue weighted by Crippen LogP contribution is 2.10. The van der Waals surface area contributed by atoms with E-state index in [4.69, 9.17) is 5.26 Å². The summed E-state index contributed by atoms with van der Waals surface area (Å²) in [6, 6.07) is 8.63. The van der Waals surface area contributed by atoms with Crippen LogP contribution in [0.3, 0.4) is 0 Å². The number of nitrogens with one attached hydrogen (secondary N) is 1. The van der Waals surface area contributed by atoms with E-state index >= 15 is 0 Å². The van der Waals surface area contributed by atoms with Crippen LogP contribution in [0.4, 0.5) is 5.69 Å². The van der Waals surface area contributed by atoms with Crippen LogP contribution in [0, 0.1) is 11.3 Å². The van der Waals surface area contributed by atoms with Crippen molar-refractivity contribution in [1.29, 1.82) is 5.26 Å². The molecule has 1 aliphatic rings. The first-order chi connectivity index (χ1) is 10.1. The number of carbonyl (C=O) groups excluding carboxylic acids is 2. The van der Waals surface area contributed by atoms with Gasteiger partial charge in [0.25, 0.3) is 0 Å². The zero-order valence-corrected chi connectivity index (χ0v) is 12.0. The van der Waals surface area contributed by atoms with E-state index in [1.165, 1.54) is 0 Å². The largest absolute Gasteiger partial charge is 0.340 e. The molecule has 0 unspecified atom stereocenters. The fourth-order valence-electron chi connectivity index (χ4n) is 2.18. The quantitative estimate of drug-likeness (QED) is 0.828. The van der Waals surface area contributed by atoms with Gasteiger partial charge in [0.1, 0.15) is 6.42 Å². The maximum Gasteiger partial charge on any atom is 0.233 e. The van der Waals surface area contributed by atoms with Gasteiger partial charge in [-0.2, -0.15) is 5.26 Å². The Morgan fingerprint density at radius 3 is 2.67 bits per heavy atom. The number of piperazine rings is 1. The molecule has 0 aromatic heterocycles. The lowest BCUT2D eigenvalue weighted by atomic mass is 10.2. The van der Waals surface area contributed by atoms with Gasteiger partial charge in [0.05, 0.1) is 11.6 Å². The highest BCUT2D eigenvalue weighted by atomic mass is 16.2. The number of rotatable bonds is 3. The number of anilines is 1. The molecule has 1 heterocycles. The summed E-state index contributed by atoms with van der Waals surface area (Å²) in [4.78, 5) is 27.8. The normalized spacial score (nSPS) is 15.3. The van der Waals surface area contributed by atoms with Crippen molar-refractivity contribution < 1.29 is 9.59 Å². The molecule has 1 saturated heterocycles. The second kappa shape index (κ2) is 6.86. The molecular formula is C15H18N4O2. The first-order valence-electron chi connectivity index (χ1n) is 6.85. The molecule has 0 spiro atoms. The van der Waals surface area contributed by atoms with Crippen molar-refractivity contribution in [2.24, 2.45) is 0 Å². The maximum absolute atomic E-state index is 12.0. The molecular weight excluding hydrogens is 268 g/mol. The van der Waals surface area contributed by atoms with Gasteiger partial charge in [-0.3, -0.25) is 9.59 Å². The molecule has 0 bridgehead atoms. The second-order valence-corrected chi connectivity index (χ2v) is 5.10. The predicted octanol–water partition coefficient (Wildman–Crippen LogP) is 0.661. The van der Waals surface area contributed by atoms with E-state index in [0.29, 0.717) is 24.3 Å². The van der Waals surface area contributed by atoms with E-state index in [1.54, 1.807) is 29.2 Å². The second-order valence-electron chi connectivity index (χ2n) is 5.10. The Kier molecular flexibility index (Phi) is 4.90. The zero-order valence-electron chi connectivity index (χ0n) is 12.0. The molecule has 1 N–H and O–H groups in total. The molecule has 0 atom stereocenters. The summed E-state index contributed by atoms with van der Waals surface area (Å²) in [7, 11) is 2.01. The van der Waals surface area contributed by atoms with Crippen LogP contribution < -0.4 is 5.32 Å². The summed E-state index contributed by atoms with van der Waals surface area (Å²) >= 11 is 0. The number of hydrogen-bond acceptors (Lipinski definition) is 4. The molecule has 110 valence electrons. The standard InChI is InChI=1S/C15H18N4O2/c1-18-5-7-19(8-6-18)15(21)10-14(20)17-13-4-2-3-12(9-13)11-16/h2-4,9H,5-8,10H2,1H3,(H,17,20). The molecule has 1 fully saturated rings. The Morgan fingerprint density at radius 2 is 2.00 bits per heavy atom. The first-order valence-corrected chi connectivity index (χ1v) is 6.85. The Balaban J connectivity index is 1.86. The van der Waals surface area contributed by atoms with E-state index in [1.807, 2.05) is 13.1 Å². The number of amides is 2. The van der Waals surface area contributed by atoms with Gasteiger partial charge < -0.3 is 15.1 Å². The number of nitriles is 1. The van der Waals surface area contributed by atoms with Gasteiger partial charge in [0.2, 0.25) is 11.8 Å². The average molecular weight is 286 g/mol. The number of benzene rings is 1. The molecule has 6 heteroatoms. The number of hydrogen-bond donors (Lipinski definition) is 1. The highest BCUT2D eigenvalue weighted by Gasteiger charge is 2.21. The molecule has 1 aromatic carbocycles. The number of likely N-dealkylation sites (N-methyl/N-ethyl adjacent to an activating group) is 1. The Hall–Kier alpha value is -2.39. The van der Waals surface area contributed by atoms with E-state index in [2.05, 4.69) is 10.2 Å². The fraction of sp³-hybridized carbons (Fsp3) is 0.400. The van der Waals surface area contributed by atoms with Gasteiger partial charge in [-0.25, -0.2) is 0 Å². The first kappa shape index (κ1) is 15.0. The van der Waals surface area contributed by atoms with Gasteiger partial charge in [0, 0.05) is 31.9 Å². The van der Waals surface area contributed by atoms with Crippen LogP contribution in [0.1, 0.15) is 12.0 Å². The third-order valence-corrected chi connectivity index (χ3v) is 3.44. The molecule has 21 heavy (non-hydrogen) atoms. The summed E-state index contributed by atoms with van der Waals surface area (Å²) in [6.07, 6.45) is -0.166. The molecule has 0 radical (unpaired) electrons. The van der Waals surface area contributed by atoms with Crippen LogP contribution in [0.2, 0.25) is 0 Å². The molecule has 1 aromatic rings. The van der Waals surface area contributed by atoms with Crippen LogP contribution >= 0.6 is 0 Å². The smallest absolute Gasteiger partial charge is 0.233 e. The predicted molar refractivity (Wildman–Crippen MR) is 78.5 cm³/mol. The average Bonchev–Trinajstić information content (AvgIpc) is 2.47. The van der Waals surface area contributed by atoms with Crippen molar-refractivity contribution in [3.63, 3.8) is 0 Å². The molecule has 1 aliphatic heterocycles. The molecule has 6 nitrogen and oxygen atoms in total. The van der Waals surface area contributed by atoms with Crippen molar-refractivity contribution in [1.82, 2.24) is 9.80 Å². The topological polar surface area (TPSA) is 76.4 Å². The molecule has 0 saturated carbocycles. The third kappa shape index (κ3) is 4.29. The molecule has 2 rings (SSSR count). The lowest BCUT2D eigenvalue weighted by Gasteiger charge is -2.32. The summed E-state index contributed by atoms with van der Waals surface area (Å²) in [5.41, 5.74) is 1.00. The molecule has 2 amide bonds. The summed E-state index contributed by atoms with van der Waals surface area (Å²) in [5, 5.41) is 11.5. The zero-order chi connectivity index (χ0) is 15.2. The number of carbonyl (C=O) groups is 2. The van der Waals surface area contributed by atoms with Crippen LogP contribution in [-0.2, 0) is 9.59 Å². The van der Waals surface area contributed by atoms with E-state index in [-0.39, 0.29) is 18.2 Å². The van der Waals surface area contributed by atoms with Crippen molar-refractivity contribution in [2.75, 3.05) is 38.5 Å². The minimum Gasteiger partial charge on any atom is -0.340 e. The van der Waals surface area contributed by atoms with Gasteiger partial charge in [-0.15, -0.1) is 0 Å². The Morgan fingerprint density at radius 1 is 1.29 bits per heavy atom. The van der Waals surface area contributed by atoms with Gasteiger partial charge in [0.15, 0.2) is 0 Å². The van der Waals surface area contributed by atoms with E-state index in [9.17, 15) is 9.59 Å². The lowest BCUT2D eigenvalue weighted by Crippen LogP contribution is -2.47. The third-order valence-electron chi connectivity index (χ3n) is 3.44. The number of nitrogens with zero attached hydrogens (tertiary/aromatic N) is 3.